The van der Waals surface area contributed by atoms with Crippen LogP contribution in [-0.2, 0) is 13.0 Å². The van der Waals surface area contributed by atoms with E-state index in [4.69, 9.17) is 5.10 Å². The molecule has 21 heavy (non-hydrogen) atoms. The fourth-order valence-electron chi connectivity index (χ4n) is 2.54. The molecule has 0 aliphatic carbocycles. The van der Waals surface area contributed by atoms with Crippen LogP contribution in [0.5, 0.6) is 0 Å². The predicted octanol–water partition coefficient (Wildman–Crippen LogP) is 3.85. The number of aryl methyl sites for hydroxylation is 1. The number of hydrogen-bond donors (Lipinski definition) is 1. The second-order valence-electron chi connectivity index (χ2n) is 5.80. The first-order valence-electron chi connectivity index (χ1n) is 7.48. The van der Waals surface area contributed by atoms with Gasteiger partial charge in [-0.2, -0.15) is 5.10 Å². The molecule has 0 unspecified atom stereocenters. The third kappa shape index (κ3) is 4.42. The number of hydrogen-bond acceptors (Lipinski definition) is 2. The SMILES string of the molecule is Cc1nn(Cc2cccc(Br)c2)c(C)c1CCNC(C)C. The van der Waals surface area contributed by atoms with E-state index in [0.29, 0.717) is 6.04 Å². The largest absolute Gasteiger partial charge is 0.314 e. The molecule has 0 saturated heterocycles. The van der Waals surface area contributed by atoms with Crippen molar-refractivity contribution in [2.24, 2.45) is 0 Å². The lowest BCUT2D eigenvalue weighted by Crippen LogP contribution is -2.25. The standard InChI is InChI=1S/C17H24BrN3/c1-12(2)19-9-8-17-13(3)20-21(14(17)4)11-15-6-5-7-16(18)10-15/h5-7,10,12,19H,8-9,11H2,1-4H3. The van der Waals surface area contributed by atoms with Gasteiger partial charge in [0.05, 0.1) is 12.2 Å². The van der Waals surface area contributed by atoms with E-state index >= 15 is 0 Å². The highest BCUT2D eigenvalue weighted by molar-refractivity contribution is 9.10. The zero-order chi connectivity index (χ0) is 15.4. The van der Waals surface area contributed by atoms with Crippen LogP contribution in [0.15, 0.2) is 28.7 Å². The van der Waals surface area contributed by atoms with E-state index in [1.165, 1.54) is 16.8 Å². The molecule has 0 fully saturated rings. The molecular weight excluding hydrogens is 326 g/mol. The van der Waals surface area contributed by atoms with Crippen molar-refractivity contribution in [2.75, 3.05) is 6.54 Å². The highest BCUT2D eigenvalue weighted by Gasteiger charge is 2.11. The second-order valence-corrected chi connectivity index (χ2v) is 6.71. The van der Waals surface area contributed by atoms with Crippen LogP contribution in [0.25, 0.3) is 0 Å². The summed E-state index contributed by atoms with van der Waals surface area (Å²) >= 11 is 3.52. The fourth-order valence-corrected chi connectivity index (χ4v) is 2.99. The summed E-state index contributed by atoms with van der Waals surface area (Å²) in [4.78, 5) is 0. The molecule has 4 heteroatoms. The summed E-state index contributed by atoms with van der Waals surface area (Å²) in [6.45, 7) is 10.5. The third-order valence-electron chi connectivity index (χ3n) is 3.68. The van der Waals surface area contributed by atoms with Crippen molar-refractivity contribution in [3.05, 3.63) is 51.3 Å². The minimum absolute atomic E-state index is 0.530. The van der Waals surface area contributed by atoms with Crippen molar-refractivity contribution in [2.45, 2.75) is 46.7 Å². The number of aromatic nitrogens is 2. The first-order chi connectivity index (χ1) is 9.97. The van der Waals surface area contributed by atoms with Gasteiger partial charge in [0.15, 0.2) is 0 Å². The first-order valence-corrected chi connectivity index (χ1v) is 8.27. The van der Waals surface area contributed by atoms with Crippen molar-refractivity contribution in [3.63, 3.8) is 0 Å². The maximum absolute atomic E-state index is 4.71. The molecule has 0 aliphatic heterocycles. The Labute approximate surface area is 135 Å². The Morgan fingerprint density at radius 3 is 2.71 bits per heavy atom. The summed E-state index contributed by atoms with van der Waals surface area (Å²) in [5.41, 5.74) is 5.06. The summed E-state index contributed by atoms with van der Waals surface area (Å²) < 4.78 is 3.23. The van der Waals surface area contributed by atoms with E-state index in [2.05, 4.69) is 71.8 Å². The Morgan fingerprint density at radius 1 is 1.29 bits per heavy atom. The Hall–Kier alpha value is -1.13. The molecule has 1 aromatic carbocycles. The molecule has 0 spiro atoms. The molecule has 0 saturated carbocycles. The van der Waals surface area contributed by atoms with Crippen LogP contribution >= 0.6 is 15.9 Å². The monoisotopic (exact) mass is 349 g/mol. The van der Waals surface area contributed by atoms with Crippen LogP contribution in [0, 0.1) is 13.8 Å². The molecule has 0 radical (unpaired) electrons. The molecule has 114 valence electrons. The molecular formula is C17H24BrN3. The molecule has 2 aromatic rings. The smallest absolute Gasteiger partial charge is 0.0663 e. The van der Waals surface area contributed by atoms with E-state index < -0.39 is 0 Å². The Morgan fingerprint density at radius 2 is 2.05 bits per heavy atom. The quantitative estimate of drug-likeness (QED) is 0.858. The van der Waals surface area contributed by atoms with Gasteiger partial charge in [-0.25, -0.2) is 0 Å². The molecule has 2 rings (SSSR count). The van der Waals surface area contributed by atoms with Crippen LogP contribution in [0.1, 0.15) is 36.4 Å². The molecule has 3 nitrogen and oxygen atoms in total. The molecule has 0 aliphatic rings. The lowest BCUT2D eigenvalue weighted by molar-refractivity contribution is 0.588. The van der Waals surface area contributed by atoms with Gasteiger partial charge in [0.1, 0.15) is 0 Å². The average Bonchev–Trinajstić information content (AvgIpc) is 2.66. The molecule has 1 heterocycles. The van der Waals surface area contributed by atoms with Crippen LogP contribution in [0.3, 0.4) is 0 Å². The highest BCUT2D eigenvalue weighted by Crippen LogP contribution is 2.17. The number of nitrogens with one attached hydrogen (secondary N) is 1. The van der Waals surface area contributed by atoms with Crippen molar-refractivity contribution >= 4 is 15.9 Å². The van der Waals surface area contributed by atoms with Crippen molar-refractivity contribution in [3.8, 4) is 0 Å². The van der Waals surface area contributed by atoms with Gasteiger partial charge >= 0.3 is 0 Å². The van der Waals surface area contributed by atoms with E-state index in [1.54, 1.807) is 0 Å². The van der Waals surface area contributed by atoms with Crippen LogP contribution in [0.2, 0.25) is 0 Å². The molecule has 0 atom stereocenters. The third-order valence-corrected chi connectivity index (χ3v) is 4.17. The van der Waals surface area contributed by atoms with Gasteiger partial charge < -0.3 is 5.32 Å². The Balaban J connectivity index is 2.11. The van der Waals surface area contributed by atoms with Crippen molar-refractivity contribution < 1.29 is 0 Å². The summed E-state index contributed by atoms with van der Waals surface area (Å²) in [6.07, 6.45) is 1.04. The molecule has 0 amide bonds. The lowest BCUT2D eigenvalue weighted by atomic mass is 10.1. The van der Waals surface area contributed by atoms with Gasteiger partial charge in [-0.05, 0) is 50.1 Å². The zero-order valence-corrected chi connectivity index (χ0v) is 14.9. The van der Waals surface area contributed by atoms with E-state index in [1.807, 2.05) is 6.07 Å². The predicted molar refractivity (Wildman–Crippen MR) is 91.8 cm³/mol. The number of benzene rings is 1. The van der Waals surface area contributed by atoms with Gasteiger partial charge in [-0.15, -0.1) is 0 Å². The van der Waals surface area contributed by atoms with Crippen molar-refractivity contribution in [1.29, 1.82) is 0 Å². The molecule has 1 aromatic heterocycles. The topological polar surface area (TPSA) is 29.9 Å². The summed E-state index contributed by atoms with van der Waals surface area (Å²) in [7, 11) is 0. The Kier molecular flexibility index (Phi) is 5.59. The number of halogens is 1. The summed E-state index contributed by atoms with van der Waals surface area (Å²) in [6, 6.07) is 8.94. The van der Waals surface area contributed by atoms with Gasteiger partial charge in [-0.3, -0.25) is 4.68 Å². The van der Waals surface area contributed by atoms with Crippen LogP contribution in [-0.4, -0.2) is 22.4 Å². The normalized spacial score (nSPS) is 11.3. The van der Waals surface area contributed by atoms with Gasteiger partial charge in [0, 0.05) is 16.2 Å². The summed E-state index contributed by atoms with van der Waals surface area (Å²) in [5.74, 6) is 0. The Bertz CT molecular complexity index is 602. The maximum Gasteiger partial charge on any atom is 0.0663 e. The van der Waals surface area contributed by atoms with Crippen molar-refractivity contribution in [1.82, 2.24) is 15.1 Å². The van der Waals surface area contributed by atoms with Gasteiger partial charge in [-0.1, -0.05) is 41.9 Å². The average molecular weight is 350 g/mol. The van der Waals surface area contributed by atoms with E-state index in [-0.39, 0.29) is 0 Å². The van der Waals surface area contributed by atoms with Crippen LogP contribution in [0.4, 0.5) is 0 Å². The summed E-state index contributed by atoms with van der Waals surface area (Å²) in [5, 5.41) is 8.18. The highest BCUT2D eigenvalue weighted by atomic mass is 79.9. The molecule has 0 bridgehead atoms. The molecule has 1 N–H and O–H groups in total. The number of nitrogens with zero attached hydrogens (tertiary/aromatic N) is 2. The van der Waals surface area contributed by atoms with Crippen LogP contribution < -0.4 is 5.32 Å². The maximum atomic E-state index is 4.71. The zero-order valence-electron chi connectivity index (χ0n) is 13.3. The van der Waals surface area contributed by atoms with E-state index in [0.717, 1.165) is 29.7 Å². The number of rotatable bonds is 6. The first kappa shape index (κ1) is 16.2. The minimum Gasteiger partial charge on any atom is -0.314 e. The van der Waals surface area contributed by atoms with Gasteiger partial charge in [0.25, 0.3) is 0 Å². The lowest BCUT2D eigenvalue weighted by Gasteiger charge is -2.09. The van der Waals surface area contributed by atoms with Gasteiger partial charge in [0.2, 0.25) is 0 Å². The van der Waals surface area contributed by atoms with E-state index in [9.17, 15) is 0 Å². The second kappa shape index (κ2) is 7.23. The minimum atomic E-state index is 0.530. The fraction of sp³-hybridized carbons (Fsp3) is 0.471.